The summed E-state index contributed by atoms with van der Waals surface area (Å²) in [5, 5.41) is 2.94. The van der Waals surface area contributed by atoms with Gasteiger partial charge >= 0.3 is 0 Å². The second kappa shape index (κ2) is 6.02. The molecule has 0 saturated carbocycles. The lowest BCUT2D eigenvalue weighted by Gasteiger charge is -2.06. The maximum atomic E-state index is 12.1. The highest BCUT2D eigenvalue weighted by molar-refractivity contribution is 5.94. The fraction of sp³-hybridized carbons (Fsp3) is 0.222. The molecule has 3 rings (SSSR count). The van der Waals surface area contributed by atoms with Gasteiger partial charge in [-0.15, -0.1) is 0 Å². The molecule has 1 amide bonds. The topological polar surface area (TPSA) is 55.1 Å². The van der Waals surface area contributed by atoms with E-state index >= 15 is 0 Å². The molecule has 0 saturated heterocycles. The highest BCUT2D eigenvalue weighted by Crippen LogP contribution is 2.17. The Balaban J connectivity index is 1.60. The minimum atomic E-state index is -0.0414. The van der Waals surface area contributed by atoms with Crippen molar-refractivity contribution in [1.82, 2.24) is 10.3 Å². The van der Waals surface area contributed by atoms with Gasteiger partial charge in [-0.2, -0.15) is 0 Å². The number of hydrogen-bond acceptors (Lipinski definition) is 3. The molecule has 0 aliphatic carbocycles. The van der Waals surface area contributed by atoms with E-state index in [1.165, 1.54) is 0 Å². The molecule has 3 aromatic rings. The van der Waals surface area contributed by atoms with Crippen LogP contribution in [-0.4, -0.2) is 17.4 Å². The van der Waals surface area contributed by atoms with Crippen molar-refractivity contribution in [3.05, 3.63) is 65.0 Å². The first-order chi connectivity index (χ1) is 10.6. The monoisotopic (exact) mass is 294 g/mol. The standard InChI is InChI=1S/C18H18N2O2/c1-12-4-3-5-15(10-12)18(21)19-9-8-14-6-7-16-17(11-14)22-13(2)20-16/h3-7,10-11H,8-9H2,1-2H3,(H,19,21). The third-order valence-electron chi connectivity index (χ3n) is 3.54. The fourth-order valence-electron chi connectivity index (χ4n) is 2.45. The number of nitrogens with zero attached hydrogens (tertiary/aromatic N) is 1. The summed E-state index contributed by atoms with van der Waals surface area (Å²) in [6.45, 7) is 4.40. The van der Waals surface area contributed by atoms with E-state index in [2.05, 4.69) is 10.3 Å². The zero-order valence-corrected chi connectivity index (χ0v) is 12.7. The average Bonchev–Trinajstić information content (AvgIpc) is 2.86. The molecule has 1 aromatic heterocycles. The Kier molecular flexibility index (Phi) is 3.92. The van der Waals surface area contributed by atoms with Crippen molar-refractivity contribution < 1.29 is 9.21 Å². The minimum Gasteiger partial charge on any atom is -0.441 e. The van der Waals surface area contributed by atoms with Gasteiger partial charge in [-0.1, -0.05) is 23.8 Å². The highest BCUT2D eigenvalue weighted by Gasteiger charge is 2.06. The Morgan fingerprint density at radius 1 is 1.18 bits per heavy atom. The summed E-state index contributed by atoms with van der Waals surface area (Å²) in [6.07, 6.45) is 0.757. The first-order valence-electron chi connectivity index (χ1n) is 7.33. The summed E-state index contributed by atoms with van der Waals surface area (Å²) in [5.41, 5.74) is 4.55. The largest absolute Gasteiger partial charge is 0.441 e. The van der Waals surface area contributed by atoms with Gasteiger partial charge in [0.15, 0.2) is 11.5 Å². The van der Waals surface area contributed by atoms with Crippen LogP contribution in [0.1, 0.15) is 27.4 Å². The third-order valence-corrected chi connectivity index (χ3v) is 3.54. The van der Waals surface area contributed by atoms with E-state index in [4.69, 9.17) is 4.42 Å². The van der Waals surface area contributed by atoms with E-state index in [-0.39, 0.29) is 5.91 Å². The minimum absolute atomic E-state index is 0.0414. The molecule has 0 aliphatic heterocycles. The van der Waals surface area contributed by atoms with Crippen LogP contribution in [0.2, 0.25) is 0 Å². The summed E-state index contributed by atoms with van der Waals surface area (Å²) in [5.74, 6) is 0.625. The Bertz CT molecular complexity index is 821. The molecule has 0 bridgehead atoms. The van der Waals surface area contributed by atoms with Gasteiger partial charge in [-0.25, -0.2) is 4.98 Å². The molecule has 22 heavy (non-hydrogen) atoms. The van der Waals surface area contributed by atoms with Crippen LogP contribution in [0.15, 0.2) is 46.9 Å². The van der Waals surface area contributed by atoms with Crippen molar-refractivity contribution in [1.29, 1.82) is 0 Å². The number of carbonyl (C=O) groups excluding carboxylic acids is 1. The van der Waals surface area contributed by atoms with Crippen molar-refractivity contribution in [2.24, 2.45) is 0 Å². The lowest BCUT2D eigenvalue weighted by Crippen LogP contribution is -2.25. The van der Waals surface area contributed by atoms with Crippen LogP contribution in [-0.2, 0) is 6.42 Å². The Hall–Kier alpha value is -2.62. The van der Waals surface area contributed by atoms with Crippen LogP contribution in [0.25, 0.3) is 11.1 Å². The molecule has 0 spiro atoms. The maximum absolute atomic E-state index is 12.1. The number of nitrogens with one attached hydrogen (secondary N) is 1. The van der Waals surface area contributed by atoms with Gasteiger partial charge in [0.1, 0.15) is 5.52 Å². The number of hydrogen-bond donors (Lipinski definition) is 1. The van der Waals surface area contributed by atoms with Gasteiger partial charge in [0.05, 0.1) is 0 Å². The number of aromatic nitrogens is 1. The first kappa shape index (κ1) is 14.3. The Morgan fingerprint density at radius 2 is 2.05 bits per heavy atom. The van der Waals surface area contributed by atoms with Crippen LogP contribution in [0.5, 0.6) is 0 Å². The summed E-state index contributed by atoms with van der Waals surface area (Å²) in [6, 6.07) is 13.5. The third kappa shape index (κ3) is 3.17. The Labute approximate surface area is 129 Å². The molecule has 0 aliphatic rings. The lowest BCUT2D eigenvalue weighted by molar-refractivity contribution is 0.0954. The summed E-state index contributed by atoms with van der Waals surface area (Å²) in [4.78, 5) is 16.3. The maximum Gasteiger partial charge on any atom is 0.251 e. The number of oxazole rings is 1. The molecular weight excluding hydrogens is 276 g/mol. The van der Waals surface area contributed by atoms with E-state index in [1.807, 2.05) is 56.3 Å². The molecule has 1 N–H and O–H groups in total. The smallest absolute Gasteiger partial charge is 0.251 e. The zero-order chi connectivity index (χ0) is 15.5. The number of fused-ring (bicyclic) bond motifs is 1. The van der Waals surface area contributed by atoms with Crippen molar-refractivity contribution >= 4 is 17.0 Å². The van der Waals surface area contributed by atoms with Gasteiger partial charge in [-0.05, 0) is 43.2 Å². The van der Waals surface area contributed by atoms with E-state index in [9.17, 15) is 4.79 Å². The van der Waals surface area contributed by atoms with E-state index in [0.29, 0.717) is 18.0 Å². The summed E-state index contributed by atoms with van der Waals surface area (Å²) < 4.78 is 5.52. The second-order valence-electron chi connectivity index (χ2n) is 5.41. The van der Waals surface area contributed by atoms with Crippen LogP contribution in [0, 0.1) is 13.8 Å². The average molecular weight is 294 g/mol. The quantitative estimate of drug-likeness (QED) is 0.802. The SMILES string of the molecule is Cc1cccc(C(=O)NCCc2ccc3nc(C)oc3c2)c1. The van der Waals surface area contributed by atoms with Crippen molar-refractivity contribution in [3.8, 4) is 0 Å². The zero-order valence-electron chi connectivity index (χ0n) is 12.7. The predicted octanol–water partition coefficient (Wildman–Crippen LogP) is 3.42. The van der Waals surface area contributed by atoms with Crippen molar-refractivity contribution in [2.75, 3.05) is 6.54 Å². The number of aryl methyl sites for hydroxylation is 2. The number of benzene rings is 2. The van der Waals surface area contributed by atoms with Crippen LogP contribution < -0.4 is 5.32 Å². The van der Waals surface area contributed by atoms with Gasteiger partial charge in [0.2, 0.25) is 0 Å². The molecule has 2 aromatic carbocycles. The fourth-order valence-corrected chi connectivity index (χ4v) is 2.45. The molecule has 4 nitrogen and oxygen atoms in total. The summed E-state index contributed by atoms with van der Waals surface area (Å²) in [7, 11) is 0. The van der Waals surface area contributed by atoms with Gasteiger partial charge in [-0.3, -0.25) is 4.79 Å². The van der Waals surface area contributed by atoms with Gasteiger partial charge in [0, 0.05) is 19.0 Å². The lowest BCUT2D eigenvalue weighted by atomic mass is 10.1. The van der Waals surface area contributed by atoms with E-state index in [1.54, 1.807) is 0 Å². The predicted molar refractivity (Wildman–Crippen MR) is 86.0 cm³/mol. The van der Waals surface area contributed by atoms with Gasteiger partial charge in [0.25, 0.3) is 5.91 Å². The highest BCUT2D eigenvalue weighted by atomic mass is 16.3. The number of carbonyl (C=O) groups is 1. The van der Waals surface area contributed by atoms with Gasteiger partial charge < -0.3 is 9.73 Å². The van der Waals surface area contributed by atoms with Crippen LogP contribution in [0.4, 0.5) is 0 Å². The normalized spacial score (nSPS) is 10.8. The molecule has 0 unspecified atom stereocenters. The van der Waals surface area contributed by atoms with Crippen LogP contribution in [0.3, 0.4) is 0 Å². The summed E-state index contributed by atoms with van der Waals surface area (Å²) >= 11 is 0. The van der Waals surface area contributed by atoms with Crippen LogP contribution >= 0.6 is 0 Å². The van der Waals surface area contributed by atoms with E-state index in [0.717, 1.165) is 28.6 Å². The molecule has 0 radical (unpaired) electrons. The molecule has 0 atom stereocenters. The second-order valence-corrected chi connectivity index (χ2v) is 5.41. The molecule has 1 heterocycles. The first-order valence-corrected chi connectivity index (χ1v) is 7.33. The molecular formula is C18H18N2O2. The number of amides is 1. The molecule has 4 heteroatoms. The van der Waals surface area contributed by atoms with Crippen molar-refractivity contribution in [2.45, 2.75) is 20.3 Å². The molecule has 112 valence electrons. The Morgan fingerprint density at radius 3 is 2.86 bits per heavy atom. The van der Waals surface area contributed by atoms with Crippen molar-refractivity contribution in [3.63, 3.8) is 0 Å². The molecule has 0 fully saturated rings. The number of rotatable bonds is 4. The van der Waals surface area contributed by atoms with E-state index < -0.39 is 0 Å².